The summed E-state index contributed by atoms with van der Waals surface area (Å²) in [5.41, 5.74) is 0.261. The second-order valence-corrected chi connectivity index (χ2v) is 5.31. The molecule has 0 aliphatic heterocycles. The van der Waals surface area contributed by atoms with Crippen LogP contribution in [0.5, 0.6) is 0 Å². The fraction of sp³-hybridized carbons (Fsp3) is 0.308. The van der Waals surface area contributed by atoms with E-state index in [2.05, 4.69) is 15.6 Å². The van der Waals surface area contributed by atoms with Crippen molar-refractivity contribution in [2.75, 3.05) is 6.26 Å². The van der Waals surface area contributed by atoms with Gasteiger partial charge in [-0.05, 0) is 24.0 Å². The highest BCUT2D eigenvalue weighted by molar-refractivity contribution is 7.97. The number of hydrogen-bond acceptors (Lipinski definition) is 4. The SMILES string of the molecule is CSCc1cn(C(=O)NCc2cccc(C(F)(F)F)c2)nn1. The van der Waals surface area contributed by atoms with Crippen molar-refractivity contribution in [3.05, 3.63) is 47.3 Å². The lowest BCUT2D eigenvalue weighted by molar-refractivity contribution is -0.137. The lowest BCUT2D eigenvalue weighted by Gasteiger charge is -2.09. The Morgan fingerprint density at radius 1 is 1.41 bits per heavy atom. The number of aromatic nitrogens is 3. The Hall–Kier alpha value is -2.03. The summed E-state index contributed by atoms with van der Waals surface area (Å²) in [6.45, 7) is -0.0273. The van der Waals surface area contributed by atoms with Crippen molar-refractivity contribution in [3.8, 4) is 0 Å². The maximum atomic E-state index is 12.6. The molecule has 0 unspecified atom stereocenters. The zero-order valence-corrected chi connectivity index (χ0v) is 12.4. The largest absolute Gasteiger partial charge is 0.416 e. The van der Waals surface area contributed by atoms with E-state index in [1.165, 1.54) is 30.1 Å². The van der Waals surface area contributed by atoms with Crippen molar-refractivity contribution in [2.45, 2.75) is 18.5 Å². The molecule has 1 aromatic heterocycles. The van der Waals surface area contributed by atoms with Crippen LogP contribution in [-0.2, 0) is 18.5 Å². The third-order valence-electron chi connectivity index (χ3n) is 2.74. The van der Waals surface area contributed by atoms with Crippen LogP contribution in [0.25, 0.3) is 0 Å². The number of amides is 1. The van der Waals surface area contributed by atoms with Gasteiger partial charge >= 0.3 is 12.2 Å². The minimum absolute atomic E-state index is 0.0273. The minimum atomic E-state index is -4.40. The second-order valence-electron chi connectivity index (χ2n) is 4.44. The molecule has 1 amide bonds. The first-order valence-corrected chi connectivity index (χ1v) is 7.64. The molecule has 0 aliphatic carbocycles. The highest BCUT2D eigenvalue weighted by Crippen LogP contribution is 2.29. The fourth-order valence-electron chi connectivity index (χ4n) is 1.73. The van der Waals surface area contributed by atoms with Gasteiger partial charge in [-0.25, -0.2) is 4.79 Å². The van der Waals surface area contributed by atoms with Gasteiger partial charge in [-0.1, -0.05) is 17.3 Å². The van der Waals surface area contributed by atoms with E-state index < -0.39 is 17.8 Å². The summed E-state index contributed by atoms with van der Waals surface area (Å²) in [6.07, 6.45) is -1.02. The monoisotopic (exact) mass is 330 g/mol. The van der Waals surface area contributed by atoms with Crippen LogP contribution >= 0.6 is 11.8 Å². The predicted molar refractivity (Wildman–Crippen MR) is 76.3 cm³/mol. The summed E-state index contributed by atoms with van der Waals surface area (Å²) in [7, 11) is 0. The van der Waals surface area contributed by atoms with Crippen LogP contribution < -0.4 is 5.32 Å². The maximum Gasteiger partial charge on any atom is 0.416 e. The number of halogens is 3. The van der Waals surface area contributed by atoms with Crippen molar-refractivity contribution in [1.82, 2.24) is 20.3 Å². The van der Waals surface area contributed by atoms with E-state index in [1.807, 2.05) is 6.26 Å². The van der Waals surface area contributed by atoms with Gasteiger partial charge in [0.15, 0.2) is 0 Å². The third kappa shape index (κ3) is 4.23. The molecule has 0 radical (unpaired) electrons. The molecule has 9 heteroatoms. The average Bonchev–Trinajstić information content (AvgIpc) is 2.93. The van der Waals surface area contributed by atoms with E-state index in [1.54, 1.807) is 0 Å². The number of nitrogens with one attached hydrogen (secondary N) is 1. The summed E-state index contributed by atoms with van der Waals surface area (Å²) < 4.78 is 38.8. The molecule has 0 saturated heterocycles. The zero-order valence-electron chi connectivity index (χ0n) is 11.6. The Labute approximate surface area is 128 Å². The van der Waals surface area contributed by atoms with Gasteiger partial charge in [0, 0.05) is 12.3 Å². The Kier molecular flexibility index (Phi) is 5.07. The molecule has 0 aliphatic rings. The van der Waals surface area contributed by atoms with Crippen LogP contribution in [0.1, 0.15) is 16.8 Å². The molecule has 2 rings (SSSR count). The number of alkyl halides is 3. The minimum Gasteiger partial charge on any atom is -0.332 e. The Balaban J connectivity index is 1.98. The molecule has 0 spiro atoms. The highest BCUT2D eigenvalue weighted by Gasteiger charge is 2.30. The van der Waals surface area contributed by atoms with E-state index in [-0.39, 0.29) is 6.54 Å². The molecule has 5 nitrogen and oxygen atoms in total. The molecule has 1 heterocycles. The topological polar surface area (TPSA) is 59.8 Å². The molecule has 0 fully saturated rings. The Morgan fingerprint density at radius 2 is 2.18 bits per heavy atom. The number of carbonyl (C=O) groups excluding carboxylic acids is 1. The highest BCUT2D eigenvalue weighted by atomic mass is 32.2. The van der Waals surface area contributed by atoms with Gasteiger partial charge in [0.05, 0.1) is 17.5 Å². The lowest BCUT2D eigenvalue weighted by Crippen LogP contribution is -2.28. The number of hydrogen-bond donors (Lipinski definition) is 1. The van der Waals surface area contributed by atoms with Crippen LogP contribution in [0, 0.1) is 0 Å². The fourth-order valence-corrected chi connectivity index (χ4v) is 2.16. The van der Waals surface area contributed by atoms with Crippen LogP contribution in [0.15, 0.2) is 30.5 Å². The van der Waals surface area contributed by atoms with Crippen molar-refractivity contribution in [3.63, 3.8) is 0 Å². The van der Waals surface area contributed by atoms with E-state index in [9.17, 15) is 18.0 Å². The second kappa shape index (κ2) is 6.82. The summed E-state index contributed by atoms with van der Waals surface area (Å²) in [5.74, 6) is 0.626. The quantitative estimate of drug-likeness (QED) is 0.936. The average molecular weight is 330 g/mol. The van der Waals surface area contributed by atoms with Crippen molar-refractivity contribution >= 4 is 17.8 Å². The van der Waals surface area contributed by atoms with Gasteiger partial charge in [-0.15, -0.1) is 5.10 Å². The van der Waals surface area contributed by atoms with Gasteiger partial charge in [-0.3, -0.25) is 0 Å². The van der Waals surface area contributed by atoms with Crippen molar-refractivity contribution in [1.29, 1.82) is 0 Å². The molecule has 1 N–H and O–H groups in total. The number of carbonyl (C=O) groups is 1. The molecule has 118 valence electrons. The normalized spacial score (nSPS) is 11.5. The molecular weight excluding hydrogens is 317 g/mol. The molecule has 2 aromatic rings. The number of thioether (sulfide) groups is 1. The van der Waals surface area contributed by atoms with E-state index in [0.29, 0.717) is 17.0 Å². The van der Waals surface area contributed by atoms with E-state index >= 15 is 0 Å². The van der Waals surface area contributed by atoms with E-state index in [4.69, 9.17) is 0 Å². The van der Waals surface area contributed by atoms with Crippen LogP contribution in [0.3, 0.4) is 0 Å². The Morgan fingerprint density at radius 3 is 2.86 bits per heavy atom. The van der Waals surface area contributed by atoms with Crippen molar-refractivity contribution in [2.24, 2.45) is 0 Å². The number of rotatable bonds is 4. The maximum absolute atomic E-state index is 12.6. The first-order chi connectivity index (χ1) is 10.4. The van der Waals surface area contributed by atoms with Crippen LogP contribution in [-0.4, -0.2) is 27.3 Å². The number of benzene rings is 1. The number of nitrogens with zero attached hydrogens (tertiary/aromatic N) is 3. The first-order valence-electron chi connectivity index (χ1n) is 6.24. The molecule has 0 bridgehead atoms. The zero-order chi connectivity index (χ0) is 16.2. The van der Waals surface area contributed by atoms with Crippen LogP contribution in [0.2, 0.25) is 0 Å². The third-order valence-corrected chi connectivity index (χ3v) is 3.32. The van der Waals surface area contributed by atoms with E-state index in [0.717, 1.165) is 16.8 Å². The molecule has 0 saturated carbocycles. The van der Waals surface area contributed by atoms with Crippen molar-refractivity contribution < 1.29 is 18.0 Å². The molecule has 0 atom stereocenters. The molecule has 1 aromatic carbocycles. The Bertz CT molecular complexity index is 657. The predicted octanol–water partition coefficient (Wildman–Crippen LogP) is 2.92. The summed E-state index contributed by atoms with van der Waals surface area (Å²) >= 11 is 1.54. The van der Waals surface area contributed by atoms with Gasteiger partial charge in [0.1, 0.15) is 0 Å². The van der Waals surface area contributed by atoms with Crippen LogP contribution in [0.4, 0.5) is 18.0 Å². The van der Waals surface area contributed by atoms with Gasteiger partial charge in [0.25, 0.3) is 0 Å². The lowest BCUT2D eigenvalue weighted by atomic mass is 10.1. The standard InChI is InChI=1S/C13H13F3N4OS/c1-22-8-11-7-20(19-18-11)12(21)17-6-9-3-2-4-10(5-9)13(14,15)16/h2-5,7H,6,8H2,1H3,(H,17,21). The van der Waals surface area contributed by atoms with Gasteiger partial charge < -0.3 is 5.32 Å². The van der Waals surface area contributed by atoms with Gasteiger partial charge in [0.2, 0.25) is 0 Å². The first kappa shape index (κ1) is 16.3. The smallest absolute Gasteiger partial charge is 0.332 e. The van der Waals surface area contributed by atoms with Gasteiger partial charge in [-0.2, -0.15) is 29.6 Å². The summed E-state index contributed by atoms with van der Waals surface area (Å²) in [4.78, 5) is 11.8. The molecule has 22 heavy (non-hydrogen) atoms. The summed E-state index contributed by atoms with van der Waals surface area (Å²) in [5, 5.41) is 9.97. The molecular formula is C13H13F3N4OS. The summed E-state index contributed by atoms with van der Waals surface area (Å²) in [6, 6.07) is 4.25.